The number of hydrogen-bond acceptors (Lipinski definition) is 4. The van der Waals surface area contributed by atoms with Crippen molar-refractivity contribution in [3.8, 4) is 0 Å². The summed E-state index contributed by atoms with van der Waals surface area (Å²) in [7, 11) is 0. The maximum absolute atomic E-state index is 13.6. The number of nitrogens with one attached hydrogen (secondary N) is 1. The Balaban J connectivity index is 1.51. The summed E-state index contributed by atoms with van der Waals surface area (Å²) in [6, 6.07) is 14.6. The number of halogens is 2. The highest BCUT2D eigenvalue weighted by Crippen LogP contribution is 2.30. The summed E-state index contributed by atoms with van der Waals surface area (Å²) >= 11 is 0. The Bertz CT molecular complexity index is 1020. The van der Waals surface area contributed by atoms with Gasteiger partial charge in [-0.3, -0.25) is 19.7 Å². The first kappa shape index (κ1) is 21.1. The third-order valence-corrected chi connectivity index (χ3v) is 5.59. The normalized spacial score (nSPS) is 17.8. The number of likely N-dealkylation sites (tertiary alicyclic amines) is 1. The fourth-order valence-electron chi connectivity index (χ4n) is 4.11. The van der Waals surface area contributed by atoms with Crippen molar-refractivity contribution >= 4 is 5.91 Å². The van der Waals surface area contributed by atoms with E-state index in [4.69, 9.17) is 0 Å². The van der Waals surface area contributed by atoms with E-state index >= 15 is 0 Å². The molecule has 31 heavy (non-hydrogen) atoms. The fourth-order valence-corrected chi connectivity index (χ4v) is 4.11. The number of carbonyl (C=O) groups excluding carboxylic acids is 1. The molecule has 2 atom stereocenters. The van der Waals surface area contributed by atoms with Gasteiger partial charge in [-0.05, 0) is 67.3 Å². The number of amides is 1. The number of nitrogens with zero attached hydrogens (tertiary/aromatic N) is 3. The van der Waals surface area contributed by atoms with Gasteiger partial charge < -0.3 is 5.32 Å². The van der Waals surface area contributed by atoms with Gasteiger partial charge in [-0.15, -0.1) is 0 Å². The maximum atomic E-state index is 13.6. The van der Waals surface area contributed by atoms with Gasteiger partial charge in [0.2, 0.25) is 0 Å². The van der Waals surface area contributed by atoms with E-state index in [9.17, 15) is 13.6 Å². The van der Waals surface area contributed by atoms with Crippen molar-refractivity contribution in [2.45, 2.75) is 25.4 Å². The van der Waals surface area contributed by atoms with Gasteiger partial charge in [0.05, 0.1) is 11.7 Å². The summed E-state index contributed by atoms with van der Waals surface area (Å²) in [4.78, 5) is 23.7. The molecule has 4 rings (SSSR count). The molecule has 1 aromatic carbocycles. The van der Waals surface area contributed by atoms with E-state index in [0.29, 0.717) is 18.8 Å². The SMILES string of the molecule is O=C(NC(c1ccccn1)C1CCCN(Cc2ccc(F)c(F)c2)C1)c1ccccn1. The summed E-state index contributed by atoms with van der Waals surface area (Å²) in [5, 5.41) is 3.12. The van der Waals surface area contributed by atoms with Gasteiger partial charge in [0.25, 0.3) is 5.91 Å². The molecule has 160 valence electrons. The van der Waals surface area contributed by atoms with Crippen molar-refractivity contribution < 1.29 is 13.6 Å². The first-order valence-corrected chi connectivity index (χ1v) is 10.4. The van der Waals surface area contributed by atoms with Crippen LogP contribution in [0, 0.1) is 17.6 Å². The van der Waals surface area contributed by atoms with Crippen LogP contribution in [-0.4, -0.2) is 33.9 Å². The molecule has 0 bridgehead atoms. The second kappa shape index (κ2) is 9.75. The molecular weight excluding hydrogens is 398 g/mol. The number of rotatable bonds is 6. The van der Waals surface area contributed by atoms with E-state index in [2.05, 4.69) is 20.2 Å². The predicted octanol–water partition coefficient (Wildman–Crippen LogP) is 4.14. The molecule has 0 radical (unpaired) electrons. The lowest BCUT2D eigenvalue weighted by atomic mass is 9.88. The molecule has 1 saturated heterocycles. The van der Waals surface area contributed by atoms with Crippen molar-refractivity contribution in [1.29, 1.82) is 0 Å². The van der Waals surface area contributed by atoms with Crippen LogP contribution in [-0.2, 0) is 6.54 Å². The Kier molecular flexibility index (Phi) is 6.62. The van der Waals surface area contributed by atoms with Crippen molar-refractivity contribution in [1.82, 2.24) is 20.2 Å². The summed E-state index contributed by atoms with van der Waals surface area (Å²) in [5.41, 5.74) is 1.88. The molecular formula is C24H24F2N4O. The number of benzene rings is 1. The monoisotopic (exact) mass is 422 g/mol. The van der Waals surface area contributed by atoms with Crippen LogP contribution >= 0.6 is 0 Å². The summed E-state index contributed by atoms with van der Waals surface area (Å²) in [6.45, 7) is 2.10. The standard InChI is InChI=1S/C24H24F2N4O/c25-19-10-9-17(14-20(19)26)15-30-13-5-6-18(16-30)23(21-7-1-3-11-27-21)29-24(31)22-8-2-4-12-28-22/h1-4,7-12,14,18,23H,5-6,13,15-16H2,(H,29,31). The third kappa shape index (κ3) is 5.30. The molecule has 1 fully saturated rings. The Labute approximate surface area is 180 Å². The number of carbonyl (C=O) groups is 1. The second-order valence-electron chi connectivity index (χ2n) is 7.81. The lowest BCUT2D eigenvalue weighted by Crippen LogP contribution is -2.43. The molecule has 5 nitrogen and oxygen atoms in total. The molecule has 7 heteroatoms. The topological polar surface area (TPSA) is 58.1 Å². The van der Waals surface area contributed by atoms with Crippen molar-refractivity contribution in [3.05, 3.63) is 95.6 Å². The van der Waals surface area contributed by atoms with Crippen LogP contribution in [0.5, 0.6) is 0 Å². The average molecular weight is 422 g/mol. The molecule has 0 saturated carbocycles. The number of hydrogen-bond donors (Lipinski definition) is 1. The van der Waals surface area contributed by atoms with Gasteiger partial charge in [0.15, 0.2) is 11.6 Å². The Hall–Kier alpha value is -3.19. The number of aromatic nitrogens is 2. The molecule has 1 N–H and O–H groups in total. The largest absolute Gasteiger partial charge is 0.342 e. The van der Waals surface area contributed by atoms with Crippen LogP contribution in [0.25, 0.3) is 0 Å². The number of piperidine rings is 1. The van der Waals surface area contributed by atoms with Crippen LogP contribution in [0.3, 0.4) is 0 Å². The van der Waals surface area contributed by atoms with E-state index in [0.717, 1.165) is 36.7 Å². The third-order valence-electron chi connectivity index (χ3n) is 5.59. The van der Waals surface area contributed by atoms with Gasteiger partial charge in [0, 0.05) is 25.5 Å². The van der Waals surface area contributed by atoms with Gasteiger partial charge in [-0.1, -0.05) is 18.2 Å². The summed E-state index contributed by atoms with van der Waals surface area (Å²) in [5.74, 6) is -1.79. The first-order valence-electron chi connectivity index (χ1n) is 10.4. The lowest BCUT2D eigenvalue weighted by Gasteiger charge is -2.37. The molecule has 3 aromatic rings. The van der Waals surface area contributed by atoms with Crippen molar-refractivity contribution in [2.24, 2.45) is 5.92 Å². The van der Waals surface area contributed by atoms with Gasteiger partial charge >= 0.3 is 0 Å². The van der Waals surface area contributed by atoms with Crippen LogP contribution in [0.4, 0.5) is 8.78 Å². The summed E-state index contributed by atoms with van der Waals surface area (Å²) < 4.78 is 26.9. The molecule has 2 aromatic heterocycles. The highest BCUT2D eigenvalue weighted by Gasteiger charge is 2.31. The highest BCUT2D eigenvalue weighted by atomic mass is 19.2. The number of pyridine rings is 2. The zero-order chi connectivity index (χ0) is 21.6. The average Bonchev–Trinajstić information content (AvgIpc) is 2.81. The predicted molar refractivity (Wildman–Crippen MR) is 113 cm³/mol. The summed E-state index contributed by atoms with van der Waals surface area (Å²) in [6.07, 6.45) is 5.18. The lowest BCUT2D eigenvalue weighted by molar-refractivity contribution is 0.0870. The molecule has 0 spiro atoms. The maximum Gasteiger partial charge on any atom is 0.270 e. The van der Waals surface area contributed by atoms with E-state index in [1.54, 1.807) is 36.7 Å². The Morgan fingerprint density at radius 1 is 1.06 bits per heavy atom. The van der Waals surface area contributed by atoms with E-state index in [1.165, 1.54) is 6.07 Å². The highest BCUT2D eigenvalue weighted by molar-refractivity contribution is 5.92. The van der Waals surface area contributed by atoms with Crippen molar-refractivity contribution in [2.75, 3.05) is 13.1 Å². The van der Waals surface area contributed by atoms with E-state index < -0.39 is 11.6 Å². The van der Waals surface area contributed by atoms with Crippen LogP contribution < -0.4 is 5.32 Å². The van der Waals surface area contributed by atoms with Gasteiger partial charge in [0.1, 0.15) is 5.69 Å². The second-order valence-corrected chi connectivity index (χ2v) is 7.81. The Morgan fingerprint density at radius 2 is 1.87 bits per heavy atom. The fraction of sp³-hybridized carbons (Fsp3) is 0.292. The molecule has 1 aliphatic rings. The first-order chi connectivity index (χ1) is 15.1. The van der Waals surface area contributed by atoms with E-state index in [-0.39, 0.29) is 17.9 Å². The smallest absolute Gasteiger partial charge is 0.270 e. The van der Waals surface area contributed by atoms with Crippen molar-refractivity contribution in [3.63, 3.8) is 0 Å². The van der Waals surface area contributed by atoms with Crippen LogP contribution in [0.15, 0.2) is 67.0 Å². The van der Waals surface area contributed by atoms with Crippen LogP contribution in [0.1, 0.15) is 40.6 Å². The minimum atomic E-state index is -0.840. The van der Waals surface area contributed by atoms with Gasteiger partial charge in [-0.25, -0.2) is 8.78 Å². The minimum absolute atomic E-state index is 0.126. The molecule has 1 amide bonds. The molecule has 1 aliphatic heterocycles. The molecule has 2 unspecified atom stereocenters. The van der Waals surface area contributed by atoms with E-state index in [1.807, 2.05) is 18.2 Å². The quantitative estimate of drug-likeness (QED) is 0.649. The van der Waals surface area contributed by atoms with Crippen LogP contribution in [0.2, 0.25) is 0 Å². The zero-order valence-corrected chi connectivity index (χ0v) is 17.0. The Morgan fingerprint density at radius 3 is 2.58 bits per heavy atom. The van der Waals surface area contributed by atoms with Gasteiger partial charge in [-0.2, -0.15) is 0 Å². The zero-order valence-electron chi connectivity index (χ0n) is 17.0. The molecule has 0 aliphatic carbocycles. The molecule has 3 heterocycles. The minimum Gasteiger partial charge on any atom is -0.342 e.